The Bertz CT molecular complexity index is 1970. The van der Waals surface area contributed by atoms with E-state index in [9.17, 15) is 0 Å². The number of hydrogen-bond donors (Lipinski definition) is 0. The fourth-order valence-electron chi connectivity index (χ4n) is 7.69. The molecule has 6 rings (SSSR count). The van der Waals surface area contributed by atoms with Crippen molar-refractivity contribution in [2.24, 2.45) is 0 Å². The van der Waals surface area contributed by atoms with Gasteiger partial charge in [-0.25, -0.2) is 0 Å². The van der Waals surface area contributed by atoms with Crippen LogP contribution in [0, 0.1) is 55.4 Å². The van der Waals surface area contributed by atoms with Gasteiger partial charge in [-0.05, 0) is 160 Å². The van der Waals surface area contributed by atoms with Gasteiger partial charge in [-0.2, -0.15) is 0 Å². The van der Waals surface area contributed by atoms with Crippen molar-refractivity contribution in [3.05, 3.63) is 152 Å². The van der Waals surface area contributed by atoms with Crippen LogP contribution >= 0.6 is 39.0 Å². The van der Waals surface area contributed by atoms with Crippen molar-refractivity contribution in [3.8, 4) is 22.6 Å². The first-order chi connectivity index (χ1) is 24.9. The Labute approximate surface area is 322 Å². The first-order valence-electron chi connectivity index (χ1n) is 17.5. The molecule has 6 aromatic carbocycles. The third-order valence-corrected chi connectivity index (χ3v) is 16.9. The lowest BCUT2D eigenvalue weighted by molar-refractivity contribution is 0.411. The molecule has 52 heavy (non-hydrogen) atoms. The molecule has 0 aliphatic carbocycles. The van der Waals surface area contributed by atoms with E-state index >= 15 is 0 Å². The van der Waals surface area contributed by atoms with Crippen LogP contribution in [0.3, 0.4) is 0 Å². The molecular formula is C46H46Cl2O2P2. The zero-order chi connectivity index (χ0) is 37.4. The molecule has 0 aliphatic rings. The summed E-state index contributed by atoms with van der Waals surface area (Å²) >= 11 is 14.4. The lowest BCUT2D eigenvalue weighted by Crippen LogP contribution is -2.31. The van der Waals surface area contributed by atoms with Crippen molar-refractivity contribution in [2.75, 3.05) is 14.2 Å². The highest BCUT2D eigenvalue weighted by Gasteiger charge is 2.35. The largest absolute Gasteiger partial charge is 0.495 e. The van der Waals surface area contributed by atoms with Gasteiger partial charge in [0.25, 0.3) is 0 Å². The molecule has 2 nitrogen and oxygen atoms in total. The summed E-state index contributed by atoms with van der Waals surface area (Å²) in [4.78, 5) is 0. The summed E-state index contributed by atoms with van der Waals surface area (Å²) in [6.07, 6.45) is 0. The van der Waals surface area contributed by atoms with Gasteiger partial charge in [0.05, 0.1) is 24.3 Å². The fraction of sp³-hybridized carbons (Fsp3) is 0.217. The fourth-order valence-corrected chi connectivity index (χ4v) is 14.3. The Morgan fingerprint density at radius 2 is 0.596 bits per heavy atom. The molecule has 6 heteroatoms. The van der Waals surface area contributed by atoms with E-state index in [1.165, 1.54) is 65.7 Å². The Hall–Kier alpha value is -3.64. The maximum absolute atomic E-state index is 7.19. The van der Waals surface area contributed by atoms with Crippen molar-refractivity contribution >= 4 is 70.9 Å². The van der Waals surface area contributed by atoms with Crippen molar-refractivity contribution in [1.82, 2.24) is 0 Å². The minimum Gasteiger partial charge on any atom is -0.495 e. The highest BCUT2D eigenvalue weighted by atomic mass is 35.5. The van der Waals surface area contributed by atoms with Crippen LogP contribution in [-0.4, -0.2) is 14.2 Å². The zero-order valence-electron chi connectivity index (χ0n) is 31.7. The van der Waals surface area contributed by atoms with Crippen LogP contribution in [0.25, 0.3) is 11.1 Å². The third kappa shape index (κ3) is 6.81. The molecule has 0 radical (unpaired) electrons. The first-order valence-corrected chi connectivity index (χ1v) is 20.9. The predicted octanol–water partition coefficient (Wildman–Crippen LogP) is 10.7. The average molecular weight is 764 g/mol. The quantitative estimate of drug-likeness (QED) is 0.137. The molecular weight excluding hydrogens is 717 g/mol. The van der Waals surface area contributed by atoms with E-state index in [1.54, 1.807) is 14.2 Å². The summed E-state index contributed by atoms with van der Waals surface area (Å²) in [5.41, 5.74) is 11.8. The first kappa shape index (κ1) is 38.1. The molecule has 266 valence electrons. The van der Waals surface area contributed by atoms with Crippen LogP contribution < -0.4 is 41.3 Å². The van der Waals surface area contributed by atoms with Crippen LogP contribution in [0.15, 0.2) is 97.1 Å². The summed E-state index contributed by atoms with van der Waals surface area (Å²) in [5, 5.41) is 8.68. The molecule has 0 N–H and O–H groups in total. The summed E-state index contributed by atoms with van der Waals surface area (Å²) in [7, 11) is 1.17. The second-order valence-electron chi connectivity index (χ2n) is 13.6. The highest BCUT2D eigenvalue weighted by molar-refractivity contribution is 7.81. The van der Waals surface area contributed by atoms with Crippen LogP contribution in [0.5, 0.6) is 11.5 Å². The molecule has 0 aromatic heterocycles. The van der Waals surface area contributed by atoms with Gasteiger partial charge in [-0.1, -0.05) is 108 Å². The number of halogens is 2. The van der Waals surface area contributed by atoms with Crippen molar-refractivity contribution < 1.29 is 9.47 Å². The van der Waals surface area contributed by atoms with Crippen LogP contribution in [0.4, 0.5) is 0 Å². The van der Waals surface area contributed by atoms with Gasteiger partial charge >= 0.3 is 0 Å². The molecule has 6 aromatic rings. The molecule has 0 bridgehead atoms. The lowest BCUT2D eigenvalue weighted by atomic mass is 10.0. The van der Waals surface area contributed by atoms with Crippen molar-refractivity contribution in [2.45, 2.75) is 55.4 Å². The zero-order valence-corrected chi connectivity index (χ0v) is 35.0. The van der Waals surface area contributed by atoms with Gasteiger partial charge in [0.2, 0.25) is 0 Å². The van der Waals surface area contributed by atoms with Gasteiger partial charge in [-0.3, -0.25) is 0 Å². The van der Waals surface area contributed by atoms with Crippen molar-refractivity contribution in [1.29, 1.82) is 0 Å². The molecule has 0 aliphatic heterocycles. The van der Waals surface area contributed by atoms with E-state index < -0.39 is 15.8 Å². The summed E-state index contributed by atoms with van der Waals surface area (Å²) < 4.78 is 12.8. The van der Waals surface area contributed by atoms with Crippen molar-refractivity contribution in [3.63, 3.8) is 0 Å². The van der Waals surface area contributed by atoms with E-state index in [0.717, 1.165) is 21.7 Å². The molecule has 0 saturated carbocycles. The van der Waals surface area contributed by atoms with Gasteiger partial charge in [0.15, 0.2) is 0 Å². The smallest absolute Gasteiger partial charge is 0.146 e. The molecule has 0 unspecified atom stereocenters. The minimum atomic E-state index is -1.13. The van der Waals surface area contributed by atoms with E-state index in [2.05, 4.69) is 140 Å². The van der Waals surface area contributed by atoms with Crippen LogP contribution in [0.1, 0.15) is 44.5 Å². The monoisotopic (exact) mass is 762 g/mol. The molecule has 0 amide bonds. The van der Waals surface area contributed by atoms with Crippen LogP contribution in [0.2, 0.25) is 10.0 Å². The second-order valence-corrected chi connectivity index (χ2v) is 18.5. The standard InChI is InChI=1S/C46H46Cl2O2P2/c1-27-15-11-16-28(2)43(27)51(44-29(3)17-12-18-30(44)4)37-25-23-35(47)41(49-9)39(37)40-38(26-24-36(48)42(40)50-10)52(45-31(5)19-13-20-32(45)6)46-33(7)21-14-22-34(46)8/h11-26H,1-10H3. The lowest BCUT2D eigenvalue weighted by Gasteiger charge is -2.32. The van der Waals surface area contributed by atoms with E-state index in [1.807, 2.05) is 12.1 Å². The Balaban J connectivity index is 1.86. The SMILES string of the molecule is COc1c(Cl)ccc(P(c2c(C)cccc2C)c2c(C)cccc2C)c1-c1c(P(c2c(C)cccc2C)c2c(C)cccc2C)ccc(Cl)c1OC. The van der Waals surface area contributed by atoms with E-state index in [0.29, 0.717) is 21.5 Å². The normalized spacial score (nSPS) is 11.4. The Morgan fingerprint density at radius 3 is 0.808 bits per heavy atom. The topological polar surface area (TPSA) is 18.5 Å². The molecule has 0 atom stereocenters. The number of benzene rings is 6. The van der Waals surface area contributed by atoms with Crippen LogP contribution in [-0.2, 0) is 0 Å². The van der Waals surface area contributed by atoms with Gasteiger partial charge in [0, 0.05) is 11.1 Å². The average Bonchev–Trinajstić information content (AvgIpc) is 3.09. The number of methoxy groups -OCH3 is 2. The molecule has 0 spiro atoms. The second kappa shape index (κ2) is 15.8. The van der Waals surface area contributed by atoms with E-state index in [4.69, 9.17) is 32.7 Å². The number of ether oxygens (including phenoxy) is 2. The molecule has 0 fully saturated rings. The summed E-state index contributed by atoms with van der Waals surface area (Å²) in [6, 6.07) is 34.8. The molecule has 0 heterocycles. The Morgan fingerprint density at radius 1 is 0.365 bits per heavy atom. The minimum absolute atomic E-state index is 0.538. The predicted molar refractivity (Wildman–Crippen MR) is 230 cm³/mol. The summed E-state index contributed by atoms with van der Waals surface area (Å²) in [6.45, 7) is 17.8. The number of aryl methyl sites for hydroxylation is 8. The maximum atomic E-state index is 7.19. The van der Waals surface area contributed by atoms with Gasteiger partial charge in [0.1, 0.15) is 11.5 Å². The Kier molecular flexibility index (Phi) is 11.5. The third-order valence-electron chi connectivity index (χ3n) is 9.97. The van der Waals surface area contributed by atoms with Gasteiger partial charge < -0.3 is 9.47 Å². The maximum Gasteiger partial charge on any atom is 0.146 e. The van der Waals surface area contributed by atoms with E-state index in [-0.39, 0.29) is 0 Å². The number of rotatable bonds is 9. The highest BCUT2D eigenvalue weighted by Crippen LogP contribution is 2.52. The summed E-state index contributed by atoms with van der Waals surface area (Å²) in [5.74, 6) is 1.23. The molecule has 0 saturated heterocycles. The number of hydrogen-bond acceptors (Lipinski definition) is 2. The van der Waals surface area contributed by atoms with Gasteiger partial charge in [-0.15, -0.1) is 0 Å².